The first-order valence-electron chi connectivity index (χ1n) is 3.53. The van der Waals surface area contributed by atoms with Gasteiger partial charge in [-0.2, -0.15) is 0 Å². The van der Waals surface area contributed by atoms with Crippen molar-refractivity contribution in [2.75, 3.05) is 6.61 Å². The number of esters is 1. The van der Waals surface area contributed by atoms with E-state index in [0.717, 1.165) is 6.42 Å². The van der Waals surface area contributed by atoms with Crippen LogP contribution < -0.4 is 5.73 Å². The van der Waals surface area contributed by atoms with E-state index in [0.29, 0.717) is 6.61 Å². The predicted octanol–water partition coefficient (Wildman–Crippen LogP) is 0.287. The Hall–Kier alpha value is -0.570. The average molecular weight is 143 g/mol. The molecule has 0 saturated heterocycles. The topological polar surface area (TPSA) is 52.3 Å². The van der Waals surface area contributed by atoms with E-state index >= 15 is 0 Å². The Bertz CT molecular complexity index is 154. The Balaban J connectivity index is 2.33. The summed E-state index contributed by atoms with van der Waals surface area (Å²) >= 11 is 0. The van der Waals surface area contributed by atoms with Gasteiger partial charge in [-0.1, -0.05) is 0 Å². The van der Waals surface area contributed by atoms with Crippen molar-refractivity contribution in [3.63, 3.8) is 0 Å². The Labute approximate surface area is 60.5 Å². The highest BCUT2D eigenvalue weighted by atomic mass is 16.5. The lowest BCUT2D eigenvalue weighted by molar-refractivity contribution is -0.145. The molecule has 0 radical (unpaired) electrons. The lowest BCUT2D eigenvalue weighted by atomic mass is 10.2. The van der Waals surface area contributed by atoms with E-state index in [4.69, 9.17) is 10.5 Å². The molecule has 10 heavy (non-hydrogen) atoms. The number of carbonyl (C=O) groups excluding carboxylic acids is 1. The standard InChI is InChI=1S/C7H13NO2/c1-3-10-6(9)5-4-7(5,2)8/h5H,3-4,8H2,1-2H3. The van der Waals surface area contributed by atoms with E-state index < -0.39 is 0 Å². The molecule has 1 fully saturated rings. The van der Waals surface area contributed by atoms with Crippen LogP contribution in [0, 0.1) is 5.92 Å². The van der Waals surface area contributed by atoms with Crippen LogP contribution in [0.4, 0.5) is 0 Å². The van der Waals surface area contributed by atoms with Gasteiger partial charge < -0.3 is 10.5 Å². The maximum absolute atomic E-state index is 10.9. The maximum Gasteiger partial charge on any atom is 0.310 e. The van der Waals surface area contributed by atoms with Crippen molar-refractivity contribution in [3.05, 3.63) is 0 Å². The Morgan fingerprint density at radius 1 is 1.90 bits per heavy atom. The van der Waals surface area contributed by atoms with Gasteiger partial charge in [-0.05, 0) is 20.3 Å². The van der Waals surface area contributed by atoms with Crippen LogP contribution in [0.2, 0.25) is 0 Å². The van der Waals surface area contributed by atoms with Crippen LogP contribution in [-0.2, 0) is 9.53 Å². The van der Waals surface area contributed by atoms with Crippen LogP contribution in [0.15, 0.2) is 0 Å². The van der Waals surface area contributed by atoms with Crippen LogP contribution in [0.5, 0.6) is 0 Å². The minimum atomic E-state index is -0.285. The summed E-state index contributed by atoms with van der Waals surface area (Å²) in [5, 5.41) is 0. The highest BCUT2D eigenvalue weighted by Gasteiger charge is 2.52. The first-order chi connectivity index (χ1) is 4.58. The third-order valence-electron chi connectivity index (χ3n) is 1.85. The third kappa shape index (κ3) is 1.29. The lowest BCUT2D eigenvalue weighted by Crippen LogP contribution is -2.24. The van der Waals surface area contributed by atoms with Gasteiger partial charge in [0.1, 0.15) is 0 Å². The molecule has 0 spiro atoms. The molecule has 0 amide bonds. The second kappa shape index (κ2) is 2.23. The summed E-state index contributed by atoms with van der Waals surface area (Å²) < 4.78 is 4.78. The number of ether oxygens (including phenoxy) is 1. The Kier molecular flexibility index (Phi) is 1.68. The zero-order chi connectivity index (χ0) is 7.78. The van der Waals surface area contributed by atoms with Crippen LogP contribution in [0.3, 0.4) is 0 Å². The van der Waals surface area contributed by atoms with E-state index in [1.807, 2.05) is 6.92 Å². The molecular weight excluding hydrogens is 130 g/mol. The highest BCUT2D eigenvalue weighted by Crippen LogP contribution is 2.41. The second-order valence-electron chi connectivity index (χ2n) is 3.01. The van der Waals surface area contributed by atoms with Crippen molar-refractivity contribution in [2.24, 2.45) is 11.7 Å². The fourth-order valence-electron chi connectivity index (χ4n) is 0.976. The van der Waals surface area contributed by atoms with Crippen molar-refractivity contribution in [1.82, 2.24) is 0 Å². The van der Waals surface area contributed by atoms with E-state index in [9.17, 15) is 4.79 Å². The third-order valence-corrected chi connectivity index (χ3v) is 1.85. The normalized spacial score (nSPS) is 37.3. The fourth-order valence-corrected chi connectivity index (χ4v) is 0.976. The number of hydrogen-bond donors (Lipinski definition) is 1. The van der Waals surface area contributed by atoms with Gasteiger partial charge in [0.15, 0.2) is 0 Å². The first kappa shape index (κ1) is 7.54. The molecule has 2 atom stereocenters. The van der Waals surface area contributed by atoms with Gasteiger partial charge >= 0.3 is 5.97 Å². The molecular formula is C7H13NO2. The molecule has 0 aromatic carbocycles. The van der Waals surface area contributed by atoms with Gasteiger partial charge in [0, 0.05) is 5.54 Å². The van der Waals surface area contributed by atoms with Crippen LogP contribution in [0.25, 0.3) is 0 Å². The van der Waals surface area contributed by atoms with E-state index in [1.165, 1.54) is 0 Å². The average Bonchev–Trinajstić information content (AvgIpc) is 2.41. The summed E-state index contributed by atoms with van der Waals surface area (Å²) in [7, 11) is 0. The summed E-state index contributed by atoms with van der Waals surface area (Å²) in [5.41, 5.74) is 5.35. The van der Waals surface area contributed by atoms with Crippen molar-refractivity contribution in [1.29, 1.82) is 0 Å². The molecule has 0 heterocycles. The fraction of sp³-hybridized carbons (Fsp3) is 0.857. The zero-order valence-corrected chi connectivity index (χ0v) is 6.39. The first-order valence-corrected chi connectivity index (χ1v) is 3.53. The van der Waals surface area contributed by atoms with E-state index in [-0.39, 0.29) is 17.4 Å². The SMILES string of the molecule is CCOC(=O)C1CC1(C)N. The number of carbonyl (C=O) groups is 1. The van der Waals surface area contributed by atoms with Gasteiger partial charge in [0.2, 0.25) is 0 Å². The van der Waals surface area contributed by atoms with Gasteiger partial charge in [-0.15, -0.1) is 0 Å². The molecule has 2 unspecified atom stereocenters. The molecule has 2 N–H and O–H groups in total. The summed E-state index contributed by atoms with van der Waals surface area (Å²) in [6, 6.07) is 0. The summed E-state index contributed by atoms with van der Waals surface area (Å²) in [4.78, 5) is 10.9. The number of rotatable bonds is 2. The van der Waals surface area contributed by atoms with Gasteiger partial charge in [-0.25, -0.2) is 0 Å². The van der Waals surface area contributed by atoms with Crippen LogP contribution >= 0.6 is 0 Å². The van der Waals surface area contributed by atoms with Gasteiger partial charge in [-0.3, -0.25) is 4.79 Å². The van der Waals surface area contributed by atoms with Crippen LogP contribution in [0.1, 0.15) is 20.3 Å². The molecule has 0 aromatic rings. The molecule has 0 aliphatic heterocycles. The number of nitrogens with two attached hydrogens (primary N) is 1. The Morgan fingerprint density at radius 3 is 2.70 bits per heavy atom. The largest absolute Gasteiger partial charge is 0.466 e. The molecule has 3 heteroatoms. The Morgan fingerprint density at radius 2 is 2.40 bits per heavy atom. The molecule has 1 rings (SSSR count). The number of hydrogen-bond acceptors (Lipinski definition) is 3. The highest BCUT2D eigenvalue weighted by molar-refractivity contribution is 5.77. The molecule has 1 aliphatic carbocycles. The quantitative estimate of drug-likeness (QED) is 0.565. The van der Waals surface area contributed by atoms with Gasteiger partial charge in [0.25, 0.3) is 0 Å². The minimum absolute atomic E-state index is 0.0487. The van der Waals surface area contributed by atoms with Crippen molar-refractivity contribution in [2.45, 2.75) is 25.8 Å². The molecule has 3 nitrogen and oxygen atoms in total. The second-order valence-corrected chi connectivity index (χ2v) is 3.01. The predicted molar refractivity (Wildman–Crippen MR) is 37.3 cm³/mol. The zero-order valence-electron chi connectivity index (χ0n) is 6.39. The smallest absolute Gasteiger partial charge is 0.310 e. The minimum Gasteiger partial charge on any atom is -0.466 e. The van der Waals surface area contributed by atoms with Crippen molar-refractivity contribution >= 4 is 5.97 Å². The molecule has 58 valence electrons. The molecule has 0 bridgehead atoms. The monoisotopic (exact) mass is 143 g/mol. The molecule has 0 aromatic heterocycles. The molecule has 1 saturated carbocycles. The maximum atomic E-state index is 10.9. The lowest BCUT2D eigenvalue weighted by Gasteiger charge is -2.02. The van der Waals surface area contributed by atoms with Crippen molar-refractivity contribution in [3.8, 4) is 0 Å². The van der Waals surface area contributed by atoms with Crippen LogP contribution in [-0.4, -0.2) is 18.1 Å². The summed E-state index contributed by atoms with van der Waals surface area (Å²) in [6.07, 6.45) is 0.770. The van der Waals surface area contributed by atoms with E-state index in [2.05, 4.69) is 0 Å². The summed E-state index contributed by atoms with van der Waals surface area (Å²) in [5.74, 6) is -0.194. The van der Waals surface area contributed by atoms with E-state index in [1.54, 1.807) is 6.92 Å². The van der Waals surface area contributed by atoms with Gasteiger partial charge in [0.05, 0.1) is 12.5 Å². The van der Waals surface area contributed by atoms with Crippen molar-refractivity contribution < 1.29 is 9.53 Å². The summed E-state index contributed by atoms with van der Waals surface area (Å²) in [6.45, 7) is 4.12. The molecule has 1 aliphatic rings.